The lowest BCUT2D eigenvalue weighted by molar-refractivity contribution is -0.120. The Balaban J connectivity index is 1.59. The molecule has 3 rings (SSSR count). The Bertz CT molecular complexity index is 950. The summed E-state index contributed by atoms with van der Waals surface area (Å²) in [7, 11) is 0. The first-order valence-electron chi connectivity index (χ1n) is 7.63. The van der Waals surface area contributed by atoms with Crippen molar-refractivity contribution in [2.75, 3.05) is 0 Å². The van der Waals surface area contributed by atoms with Crippen LogP contribution in [0.25, 0.3) is 11.3 Å². The van der Waals surface area contributed by atoms with Crippen LogP contribution >= 0.6 is 34.8 Å². The van der Waals surface area contributed by atoms with Crippen LogP contribution in [0.3, 0.4) is 0 Å². The summed E-state index contributed by atoms with van der Waals surface area (Å²) < 4.78 is 5.66. The lowest BCUT2D eigenvalue weighted by Crippen LogP contribution is -2.19. The fraction of sp³-hybridized carbons (Fsp3) is 0.0526. The highest BCUT2D eigenvalue weighted by Gasteiger charge is 2.07. The van der Waals surface area contributed by atoms with E-state index in [1.807, 2.05) is 6.07 Å². The van der Waals surface area contributed by atoms with Gasteiger partial charge in [-0.25, -0.2) is 5.43 Å². The maximum atomic E-state index is 11.9. The summed E-state index contributed by atoms with van der Waals surface area (Å²) in [5, 5.41) is 5.46. The topological polar surface area (TPSA) is 54.6 Å². The van der Waals surface area contributed by atoms with E-state index in [1.54, 1.807) is 48.5 Å². The highest BCUT2D eigenvalue weighted by Crippen LogP contribution is 2.29. The number of halogens is 3. The first kappa shape index (κ1) is 18.5. The van der Waals surface area contributed by atoms with Gasteiger partial charge in [0.1, 0.15) is 11.5 Å². The summed E-state index contributed by atoms with van der Waals surface area (Å²) in [5.41, 5.74) is 4.10. The molecular weight excluding hydrogens is 395 g/mol. The van der Waals surface area contributed by atoms with Crippen molar-refractivity contribution in [3.05, 3.63) is 81.0 Å². The summed E-state index contributed by atoms with van der Waals surface area (Å²) in [6.45, 7) is 0. The van der Waals surface area contributed by atoms with Gasteiger partial charge in [-0.3, -0.25) is 4.79 Å². The molecular formula is C19H13Cl3N2O2. The second-order valence-corrected chi connectivity index (χ2v) is 6.68. The minimum Gasteiger partial charge on any atom is -0.455 e. The molecule has 0 fully saturated rings. The van der Waals surface area contributed by atoms with E-state index in [1.165, 1.54) is 6.21 Å². The Kier molecular flexibility index (Phi) is 5.99. The third kappa shape index (κ3) is 4.88. The van der Waals surface area contributed by atoms with E-state index in [0.29, 0.717) is 26.6 Å². The number of furan rings is 1. The van der Waals surface area contributed by atoms with E-state index in [4.69, 9.17) is 39.2 Å². The average Bonchev–Trinajstić information content (AvgIpc) is 3.08. The van der Waals surface area contributed by atoms with Crippen molar-refractivity contribution in [1.29, 1.82) is 0 Å². The van der Waals surface area contributed by atoms with Crippen LogP contribution in [-0.2, 0) is 11.2 Å². The number of rotatable bonds is 5. The number of benzene rings is 2. The summed E-state index contributed by atoms with van der Waals surface area (Å²) >= 11 is 17.7. The van der Waals surface area contributed by atoms with Crippen LogP contribution in [0.4, 0.5) is 0 Å². The Hall–Kier alpha value is -2.27. The molecule has 132 valence electrons. The zero-order valence-electron chi connectivity index (χ0n) is 13.4. The predicted molar refractivity (Wildman–Crippen MR) is 105 cm³/mol. The van der Waals surface area contributed by atoms with Crippen molar-refractivity contribution in [2.24, 2.45) is 5.10 Å². The molecule has 0 saturated carbocycles. The quantitative estimate of drug-likeness (QED) is 0.442. The molecule has 0 saturated heterocycles. The van der Waals surface area contributed by atoms with E-state index in [9.17, 15) is 4.79 Å². The Morgan fingerprint density at radius 3 is 2.50 bits per heavy atom. The Labute approximate surface area is 165 Å². The fourth-order valence-corrected chi connectivity index (χ4v) is 2.65. The van der Waals surface area contributed by atoms with E-state index < -0.39 is 0 Å². The van der Waals surface area contributed by atoms with Gasteiger partial charge in [0.05, 0.1) is 22.7 Å². The van der Waals surface area contributed by atoms with Crippen LogP contribution in [0, 0.1) is 0 Å². The second-order valence-electron chi connectivity index (χ2n) is 5.43. The van der Waals surface area contributed by atoms with Gasteiger partial charge in [0.2, 0.25) is 5.91 Å². The summed E-state index contributed by atoms with van der Waals surface area (Å²) in [5.74, 6) is 0.884. The molecule has 0 unspecified atom stereocenters. The molecule has 1 amide bonds. The van der Waals surface area contributed by atoms with Crippen LogP contribution in [0.5, 0.6) is 0 Å². The molecule has 1 heterocycles. The zero-order chi connectivity index (χ0) is 18.5. The molecule has 1 aromatic heterocycles. The van der Waals surface area contributed by atoms with Crippen molar-refractivity contribution in [3.63, 3.8) is 0 Å². The van der Waals surface area contributed by atoms with Gasteiger partial charge in [0.15, 0.2) is 0 Å². The molecule has 2 aromatic carbocycles. The molecule has 0 spiro atoms. The maximum absolute atomic E-state index is 11.9. The standard InChI is InChI=1S/C19H13Cl3N2O2/c20-14-4-1-12(2-5-14)9-19(25)24-23-11-15-6-8-18(26-15)13-3-7-16(21)17(22)10-13/h1-8,10-11H,9H2,(H,24,25). The zero-order valence-corrected chi connectivity index (χ0v) is 15.6. The number of hydrazone groups is 1. The van der Waals surface area contributed by atoms with Gasteiger partial charge in [-0.2, -0.15) is 5.10 Å². The number of carbonyl (C=O) groups excluding carboxylic acids is 1. The first-order valence-corrected chi connectivity index (χ1v) is 8.76. The monoisotopic (exact) mass is 406 g/mol. The largest absolute Gasteiger partial charge is 0.455 e. The van der Waals surface area contributed by atoms with Crippen molar-refractivity contribution in [3.8, 4) is 11.3 Å². The van der Waals surface area contributed by atoms with Gasteiger partial charge in [-0.1, -0.05) is 46.9 Å². The molecule has 0 atom stereocenters. The fourth-order valence-electron chi connectivity index (χ4n) is 2.22. The maximum Gasteiger partial charge on any atom is 0.244 e. The number of nitrogens with zero attached hydrogens (tertiary/aromatic N) is 1. The molecule has 0 aliphatic rings. The van der Waals surface area contributed by atoms with E-state index in [2.05, 4.69) is 10.5 Å². The van der Waals surface area contributed by atoms with Crippen molar-refractivity contribution < 1.29 is 9.21 Å². The smallest absolute Gasteiger partial charge is 0.244 e. The van der Waals surface area contributed by atoms with Gasteiger partial charge in [-0.15, -0.1) is 0 Å². The molecule has 3 aromatic rings. The molecule has 0 aliphatic heterocycles. The predicted octanol–water partition coefficient (Wildman–Crippen LogP) is 5.60. The lowest BCUT2D eigenvalue weighted by atomic mass is 10.1. The van der Waals surface area contributed by atoms with Gasteiger partial charge in [0, 0.05) is 10.6 Å². The molecule has 0 radical (unpaired) electrons. The molecule has 0 aliphatic carbocycles. The van der Waals surface area contributed by atoms with Crippen LogP contribution in [-0.4, -0.2) is 12.1 Å². The second kappa shape index (κ2) is 8.41. The van der Waals surface area contributed by atoms with Crippen LogP contribution in [0.2, 0.25) is 15.1 Å². The van der Waals surface area contributed by atoms with E-state index in [0.717, 1.165) is 11.1 Å². The number of hydrogen-bond acceptors (Lipinski definition) is 3. The minimum atomic E-state index is -0.236. The molecule has 7 heteroatoms. The van der Waals surface area contributed by atoms with Crippen molar-refractivity contribution >= 4 is 46.9 Å². The molecule has 1 N–H and O–H groups in total. The van der Waals surface area contributed by atoms with Gasteiger partial charge in [-0.05, 0) is 48.0 Å². The summed E-state index contributed by atoms with van der Waals surface area (Å²) in [6.07, 6.45) is 1.64. The Morgan fingerprint density at radius 2 is 1.77 bits per heavy atom. The highest BCUT2D eigenvalue weighted by molar-refractivity contribution is 6.42. The minimum absolute atomic E-state index is 0.210. The van der Waals surface area contributed by atoms with Crippen LogP contribution in [0.15, 0.2) is 64.1 Å². The van der Waals surface area contributed by atoms with Crippen LogP contribution in [0.1, 0.15) is 11.3 Å². The van der Waals surface area contributed by atoms with Gasteiger partial charge < -0.3 is 4.42 Å². The van der Waals surface area contributed by atoms with Gasteiger partial charge in [0.25, 0.3) is 0 Å². The number of hydrogen-bond donors (Lipinski definition) is 1. The van der Waals surface area contributed by atoms with Gasteiger partial charge >= 0.3 is 0 Å². The normalized spacial score (nSPS) is 11.0. The van der Waals surface area contributed by atoms with E-state index in [-0.39, 0.29) is 12.3 Å². The highest BCUT2D eigenvalue weighted by atomic mass is 35.5. The number of amides is 1. The first-order chi connectivity index (χ1) is 12.5. The number of carbonyl (C=O) groups is 1. The third-order valence-electron chi connectivity index (χ3n) is 3.49. The molecule has 0 bridgehead atoms. The lowest BCUT2D eigenvalue weighted by Gasteiger charge is -2.00. The average molecular weight is 408 g/mol. The van der Waals surface area contributed by atoms with Crippen LogP contribution < -0.4 is 5.43 Å². The third-order valence-corrected chi connectivity index (χ3v) is 4.48. The SMILES string of the molecule is O=C(Cc1ccc(Cl)cc1)NN=Cc1ccc(-c2ccc(Cl)c(Cl)c2)o1. The van der Waals surface area contributed by atoms with Crippen molar-refractivity contribution in [1.82, 2.24) is 5.43 Å². The molecule has 26 heavy (non-hydrogen) atoms. The Morgan fingerprint density at radius 1 is 1.00 bits per heavy atom. The summed E-state index contributed by atoms with van der Waals surface area (Å²) in [6, 6.07) is 15.8. The number of nitrogens with one attached hydrogen (secondary N) is 1. The van der Waals surface area contributed by atoms with E-state index >= 15 is 0 Å². The summed E-state index contributed by atoms with van der Waals surface area (Å²) in [4.78, 5) is 11.9. The van der Waals surface area contributed by atoms with Crippen molar-refractivity contribution in [2.45, 2.75) is 6.42 Å². The molecule has 4 nitrogen and oxygen atoms in total.